The lowest BCUT2D eigenvalue weighted by molar-refractivity contribution is -0.134. The predicted molar refractivity (Wildman–Crippen MR) is 48.6 cm³/mol. The minimum Gasteiger partial charge on any atom is -0.497 e. The van der Waals surface area contributed by atoms with Gasteiger partial charge >= 0.3 is 11.9 Å². The molecule has 1 heterocycles. The monoisotopic (exact) mass is 198 g/mol. The van der Waals surface area contributed by atoms with Gasteiger partial charge in [0.1, 0.15) is 6.61 Å². The lowest BCUT2D eigenvalue weighted by Gasteiger charge is -1.94. The second-order valence-corrected chi connectivity index (χ2v) is 2.10. The Morgan fingerprint density at radius 3 is 1.86 bits per heavy atom. The van der Waals surface area contributed by atoms with Gasteiger partial charge in [-0.15, -0.1) is 0 Å². The highest BCUT2D eigenvalue weighted by Gasteiger charge is 1.88. The van der Waals surface area contributed by atoms with Crippen molar-refractivity contribution in [3.05, 3.63) is 36.6 Å². The van der Waals surface area contributed by atoms with Gasteiger partial charge < -0.3 is 14.9 Å². The average Bonchev–Trinajstić information content (AvgIpc) is 2.18. The summed E-state index contributed by atoms with van der Waals surface area (Å²) in [5.41, 5.74) is 0. The molecule has 0 amide bonds. The zero-order valence-corrected chi connectivity index (χ0v) is 7.29. The van der Waals surface area contributed by atoms with E-state index in [-0.39, 0.29) is 0 Å². The number of carbonyl (C=O) groups is 2. The SMILES string of the molecule is C1=CCOC=C1.O=C(O)/C=C\C(=O)O. The van der Waals surface area contributed by atoms with Gasteiger partial charge in [-0.3, -0.25) is 0 Å². The third-order valence-electron chi connectivity index (χ3n) is 0.983. The molecule has 14 heavy (non-hydrogen) atoms. The zero-order chi connectivity index (χ0) is 10.8. The highest BCUT2D eigenvalue weighted by atomic mass is 16.5. The fourth-order valence-corrected chi connectivity index (χ4v) is 0.489. The van der Waals surface area contributed by atoms with Crippen LogP contribution in [0.5, 0.6) is 0 Å². The van der Waals surface area contributed by atoms with Gasteiger partial charge in [0.05, 0.1) is 6.26 Å². The number of ether oxygens (including phenoxy) is 1. The lowest BCUT2D eigenvalue weighted by Crippen LogP contribution is -1.91. The van der Waals surface area contributed by atoms with Crippen molar-refractivity contribution in [3.63, 3.8) is 0 Å². The molecule has 0 saturated heterocycles. The third-order valence-corrected chi connectivity index (χ3v) is 0.983. The Labute approximate surface area is 80.6 Å². The van der Waals surface area contributed by atoms with Crippen LogP contribution in [0, 0.1) is 0 Å². The molecule has 0 aromatic heterocycles. The molecular formula is C9H10O5. The number of allylic oxidation sites excluding steroid dienone is 2. The quantitative estimate of drug-likeness (QED) is 0.641. The van der Waals surface area contributed by atoms with Crippen LogP contribution in [0.25, 0.3) is 0 Å². The molecule has 76 valence electrons. The summed E-state index contributed by atoms with van der Waals surface area (Å²) < 4.78 is 4.80. The van der Waals surface area contributed by atoms with E-state index in [0.717, 1.165) is 6.61 Å². The fraction of sp³-hybridized carbons (Fsp3) is 0.111. The van der Waals surface area contributed by atoms with Gasteiger partial charge in [0, 0.05) is 12.2 Å². The van der Waals surface area contributed by atoms with Crippen molar-refractivity contribution < 1.29 is 24.5 Å². The van der Waals surface area contributed by atoms with Crippen LogP contribution in [0.2, 0.25) is 0 Å². The molecule has 0 unspecified atom stereocenters. The second kappa shape index (κ2) is 7.60. The minimum atomic E-state index is -1.26. The predicted octanol–water partition coefficient (Wildman–Crippen LogP) is 0.798. The summed E-state index contributed by atoms with van der Waals surface area (Å²) in [5, 5.41) is 15.6. The lowest BCUT2D eigenvalue weighted by atomic mass is 10.5. The summed E-state index contributed by atoms with van der Waals surface area (Å²) in [4.78, 5) is 19.1. The molecule has 0 aromatic carbocycles. The van der Waals surface area contributed by atoms with Gasteiger partial charge in [0.25, 0.3) is 0 Å². The summed E-state index contributed by atoms with van der Waals surface area (Å²) in [6, 6.07) is 0. The Kier molecular flexibility index (Phi) is 6.49. The maximum atomic E-state index is 9.55. The van der Waals surface area contributed by atoms with E-state index in [4.69, 9.17) is 14.9 Å². The van der Waals surface area contributed by atoms with E-state index in [1.54, 1.807) is 6.26 Å². The summed E-state index contributed by atoms with van der Waals surface area (Å²) in [7, 11) is 0. The van der Waals surface area contributed by atoms with Crippen LogP contribution in [0.1, 0.15) is 0 Å². The second-order valence-electron chi connectivity index (χ2n) is 2.10. The van der Waals surface area contributed by atoms with Gasteiger partial charge in [-0.2, -0.15) is 0 Å². The Morgan fingerprint density at radius 2 is 1.71 bits per heavy atom. The van der Waals surface area contributed by atoms with E-state index >= 15 is 0 Å². The zero-order valence-electron chi connectivity index (χ0n) is 7.29. The number of aliphatic carboxylic acids is 2. The molecule has 0 atom stereocenters. The topological polar surface area (TPSA) is 83.8 Å². The van der Waals surface area contributed by atoms with Crippen molar-refractivity contribution in [2.45, 2.75) is 0 Å². The van der Waals surface area contributed by atoms with Crippen molar-refractivity contribution in [2.24, 2.45) is 0 Å². The molecule has 0 saturated carbocycles. The largest absolute Gasteiger partial charge is 0.497 e. The van der Waals surface area contributed by atoms with Gasteiger partial charge in [-0.25, -0.2) is 9.59 Å². The van der Waals surface area contributed by atoms with Crippen LogP contribution in [-0.4, -0.2) is 28.8 Å². The molecule has 0 spiro atoms. The summed E-state index contributed by atoms with van der Waals surface area (Å²) in [6.45, 7) is 0.733. The molecule has 0 aromatic rings. The van der Waals surface area contributed by atoms with Gasteiger partial charge in [-0.1, -0.05) is 6.08 Å². The molecule has 0 fully saturated rings. The van der Waals surface area contributed by atoms with E-state index in [2.05, 4.69) is 0 Å². The number of carboxylic acids is 2. The summed E-state index contributed by atoms with van der Waals surface area (Å²) in [5.74, 6) is -2.51. The molecular weight excluding hydrogens is 188 g/mol. The van der Waals surface area contributed by atoms with Gasteiger partial charge in [0.15, 0.2) is 0 Å². The van der Waals surface area contributed by atoms with Crippen LogP contribution in [0.15, 0.2) is 36.6 Å². The normalized spacial score (nSPS) is 12.9. The standard InChI is InChI=1S/C5H6O.C4H4O4/c1-2-4-6-5-3-1;5-3(6)1-2-4(7)8/h1-4H,5H2;1-2H,(H,5,6)(H,7,8)/b;2-1-. The van der Waals surface area contributed by atoms with Gasteiger partial charge in [-0.05, 0) is 12.2 Å². The maximum Gasteiger partial charge on any atom is 0.328 e. The third kappa shape index (κ3) is 9.96. The Balaban J connectivity index is 0.000000249. The highest BCUT2D eigenvalue weighted by Crippen LogP contribution is 1.87. The highest BCUT2D eigenvalue weighted by molar-refractivity contribution is 5.89. The van der Waals surface area contributed by atoms with Crippen molar-refractivity contribution in [2.75, 3.05) is 6.61 Å². The Morgan fingerprint density at radius 1 is 1.14 bits per heavy atom. The van der Waals surface area contributed by atoms with E-state index in [0.29, 0.717) is 12.2 Å². The fourth-order valence-electron chi connectivity index (χ4n) is 0.489. The number of hydrogen-bond donors (Lipinski definition) is 2. The van der Waals surface area contributed by atoms with Crippen LogP contribution >= 0.6 is 0 Å². The molecule has 5 heteroatoms. The molecule has 1 aliphatic heterocycles. The Bertz CT molecular complexity index is 247. The van der Waals surface area contributed by atoms with E-state index in [1.165, 1.54) is 0 Å². The molecule has 0 radical (unpaired) electrons. The van der Waals surface area contributed by atoms with Crippen molar-refractivity contribution >= 4 is 11.9 Å². The van der Waals surface area contributed by atoms with Crippen molar-refractivity contribution in [3.8, 4) is 0 Å². The first-order valence-electron chi connectivity index (χ1n) is 3.70. The smallest absolute Gasteiger partial charge is 0.328 e. The van der Waals surface area contributed by atoms with Crippen LogP contribution in [-0.2, 0) is 14.3 Å². The van der Waals surface area contributed by atoms with E-state index < -0.39 is 11.9 Å². The average molecular weight is 198 g/mol. The Hall–Kier alpha value is -2.04. The van der Waals surface area contributed by atoms with Crippen molar-refractivity contribution in [1.82, 2.24) is 0 Å². The molecule has 2 N–H and O–H groups in total. The molecule has 0 aliphatic carbocycles. The van der Waals surface area contributed by atoms with E-state index in [9.17, 15) is 9.59 Å². The number of hydrogen-bond acceptors (Lipinski definition) is 3. The first-order valence-corrected chi connectivity index (χ1v) is 3.70. The molecule has 0 bridgehead atoms. The molecule has 1 rings (SSSR count). The van der Waals surface area contributed by atoms with Crippen LogP contribution in [0.3, 0.4) is 0 Å². The first kappa shape index (κ1) is 12.0. The summed E-state index contributed by atoms with van der Waals surface area (Å²) >= 11 is 0. The maximum absolute atomic E-state index is 9.55. The van der Waals surface area contributed by atoms with Crippen LogP contribution < -0.4 is 0 Å². The minimum absolute atomic E-state index is 0.558. The number of rotatable bonds is 2. The van der Waals surface area contributed by atoms with Gasteiger partial charge in [0.2, 0.25) is 0 Å². The number of carboxylic acid groups (broad SMARTS) is 2. The van der Waals surface area contributed by atoms with Crippen molar-refractivity contribution in [1.29, 1.82) is 0 Å². The first-order chi connectivity index (χ1) is 6.63. The van der Waals surface area contributed by atoms with E-state index in [1.807, 2.05) is 18.2 Å². The molecule has 5 nitrogen and oxygen atoms in total. The van der Waals surface area contributed by atoms with Crippen LogP contribution in [0.4, 0.5) is 0 Å². The summed E-state index contributed by atoms with van der Waals surface area (Å²) in [6.07, 6.45) is 8.58. The molecule has 1 aliphatic rings.